The molecule has 0 saturated heterocycles. The Morgan fingerprint density at radius 1 is 1.62 bits per heavy atom. The van der Waals surface area contributed by atoms with E-state index in [0.717, 1.165) is 0 Å². The predicted molar refractivity (Wildman–Crippen MR) is 45.7 cm³/mol. The maximum Gasteiger partial charge on any atom is 0.309 e. The lowest BCUT2D eigenvalue weighted by Gasteiger charge is -2.03. The zero-order chi connectivity index (χ0) is 9.94. The van der Waals surface area contributed by atoms with Gasteiger partial charge < -0.3 is 14.8 Å². The number of rotatable bonds is 7. The van der Waals surface area contributed by atoms with Gasteiger partial charge in [-0.25, -0.2) is 0 Å². The van der Waals surface area contributed by atoms with E-state index in [0.29, 0.717) is 13.2 Å². The van der Waals surface area contributed by atoms with E-state index < -0.39 is 0 Å². The van der Waals surface area contributed by atoms with Gasteiger partial charge >= 0.3 is 5.97 Å². The fourth-order valence-corrected chi connectivity index (χ4v) is 0.598. The quantitative estimate of drug-likeness (QED) is 0.263. The minimum atomic E-state index is -0.320. The molecular formula is C8H14N2O3. The molecule has 0 aliphatic heterocycles. The van der Waals surface area contributed by atoms with Crippen molar-refractivity contribution < 1.29 is 14.3 Å². The number of carbonyl (C=O) groups is 1. The van der Waals surface area contributed by atoms with Crippen LogP contribution in [0.5, 0.6) is 0 Å². The largest absolute Gasteiger partial charge is 0.438 e. The van der Waals surface area contributed by atoms with Gasteiger partial charge in [0.2, 0.25) is 0 Å². The van der Waals surface area contributed by atoms with Crippen molar-refractivity contribution in [2.45, 2.75) is 13.3 Å². The molecule has 0 saturated carbocycles. The molecule has 0 fully saturated rings. The van der Waals surface area contributed by atoms with Gasteiger partial charge in [0.25, 0.3) is 0 Å². The molecule has 0 bridgehead atoms. The second kappa shape index (κ2) is 8.97. The highest BCUT2D eigenvalue weighted by Crippen LogP contribution is 1.85. The smallest absolute Gasteiger partial charge is 0.309 e. The van der Waals surface area contributed by atoms with Gasteiger partial charge in [0.1, 0.15) is 0 Å². The first kappa shape index (κ1) is 11.9. The van der Waals surface area contributed by atoms with Crippen molar-refractivity contribution in [2.24, 2.45) is 0 Å². The molecule has 0 aromatic heterocycles. The van der Waals surface area contributed by atoms with Crippen LogP contribution in [0, 0.1) is 11.3 Å². The number of nitrogens with one attached hydrogen (secondary N) is 1. The molecule has 74 valence electrons. The van der Waals surface area contributed by atoms with Crippen molar-refractivity contribution in [3.05, 3.63) is 0 Å². The van der Waals surface area contributed by atoms with E-state index in [4.69, 9.17) is 10.00 Å². The van der Waals surface area contributed by atoms with Gasteiger partial charge in [-0.05, 0) is 6.92 Å². The molecule has 1 N–H and O–H groups in total. The van der Waals surface area contributed by atoms with Crippen molar-refractivity contribution >= 4 is 5.97 Å². The van der Waals surface area contributed by atoms with Crippen LogP contribution in [-0.2, 0) is 14.3 Å². The monoisotopic (exact) mass is 186 g/mol. The summed E-state index contributed by atoms with van der Waals surface area (Å²) in [5.41, 5.74) is 0. The van der Waals surface area contributed by atoms with Gasteiger partial charge in [-0.3, -0.25) is 4.79 Å². The Morgan fingerprint density at radius 2 is 2.38 bits per heavy atom. The van der Waals surface area contributed by atoms with E-state index in [1.807, 2.05) is 13.0 Å². The van der Waals surface area contributed by atoms with E-state index in [-0.39, 0.29) is 25.7 Å². The number of hydrogen-bond donors (Lipinski definition) is 1. The van der Waals surface area contributed by atoms with Crippen LogP contribution in [0.1, 0.15) is 13.3 Å². The van der Waals surface area contributed by atoms with Crippen molar-refractivity contribution in [3.63, 3.8) is 0 Å². The minimum absolute atomic E-state index is 0.00752. The summed E-state index contributed by atoms with van der Waals surface area (Å²) in [6.07, 6.45) is 0.259. The Balaban J connectivity index is 3.16. The van der Waals surface area contributed by atoms with Crippen molar-refractivity contribution in [3.8, 4) is 6.07 Å². The molecule has 5 heteroatoms. The molecular weight excluding hydrogens is 172 g/mol. The lowest BCUT2D eigenvalue weighted by atomic mass is 10.4. The van der Waals surface area contributed by atoms with Crippen molar-refractivity contribution in [1.82, 2.24) is 5.32 Å². The molecule has 0 aliphatic carbocycles. The number of hydrogen-bond acceptors (Lipinski definition) is 5. The van der Waals surface area contributed by atoms with Crippen molar-refractivity contribution in [1.29, 1.82) is 5.26 Å². The number of nitriles is 1. The first-order chi connectivity index (χ1) is 6.31. The number of carbonyl (C=O) groups excluding carboxylic acids is 1. The zero-order valence-electron chi connectivity index (χ0n) is 7.71. The standard InChI is InChI=1S/C8H14N2O3/c1-2-12-7-13-8(11)3-5-10-6-4-9/h10H,2-3,5-7H2,1H3. The van der Waals surface area contributed by atoms with E-state index in [1.54, 1.807) is 0 Å². The molecule has 0 atom stereocenters. The average molecular weight is 186 g/mol. The minimum Gasteiger partial charge on any atom is -0.438 e. The molecule has 0 amide bonds. The highest BCUT2D eigenvalue weighted by Gasteiger charge is 2.00. The molecule has 0 unspecified atom stereocenters. The van der Waals surface area contributed by atoms with E-state index in [2.05, 4.69) is 10.1 Å². The summed E-state index contributed by atoms with van der Waals surface area (Å²) in [4.78, 5) is 10.9. The lowest BCUT2D eigenvalue weighted by molar-refractivity contribution is -0.155. The normalized spacial score (nSPS) is 9.23. The second-order valence-corrected chi connectivity index (χ2v) is 2.21. The van der Waals surface area contributed by atoms with Gasteiger partial charge in [-0.15, -0.1) is 0 Å². The summed E-state index contributed by atoms with van der Waals surface area (Å²) in [5, 5.41) is 10.9. The summed E-state index contributed by atoms with van der Waals surface area (Å²) >= 11 is 0. The third-order valence-electron chi connectivity index (χ3n) is 1.22. The molecule has 0 aromatic rings. The third kappa shape index (κ3) is 8.79. The van der Waals surface area contributed by atoms with Crippen LogP contribution in [0.25, 0.3) is 0 Å². The number of esters is 1. The Morgan fingerprint density at radius 3 is 3.00 bits per heavy atom. The van der Waals surface area contributed by atoms with Gasteiger partial charge in [0.05, 0.1) is 19.0 Å². The SMILES string of the molecule is CCOCOC(=O)CCNCC#N. The van der Waals surface area contributed by atoms with Gasteiger partial charge in [-0.1, -0.05) is 0 Å². The Labute approximate surface area is 77.6 Å². The molecule has 0 aromatic carbocycles. The molecule has 0 spiro atoms. The van der Waals surface area contributed by atoms with Crippen molar-refractivity contribution in [2.75, 3.05) is 26.5 Å². The molecule has 0 rings (SSSR count). The van der Waals surface area contributed by atoms with Crippen LogP contribution in [-0.4, -0.2) is 32.5 Å². The average Bonchev–Trinajstić information content (AvgIpc) is 2.13. The van der Waals surface area contributed by atoms with Crippen LogP contribution in [0.4, 0.5) is 0 Å². The topological polar surface area (TPSA) is 71.3 Å². The fraction of sp³-hybridized carbons (Fsp3) is 0.750. The first-order valence-corrected chi connectivity index (χ1v) is 4.12. The van der Waals surface area contributed by atoms with Crippen LogP contribution < -0.4 is 5.32 Å². The van der Waals surface area contributed by atoms with Gasteiger partial charge in [-0.2, -0.15) is 5.26 Å². The van der Waals surface area contributed by atoms with Crippen LogP contribution in [0.15, 0.2) is 0 Å². The van der Waals surface area contributed by atoms with E-state index in [9.17, 15) is 4.79 Å². The maximum atomic E-state index is 10.9. The summed E-state index contributed by atoms with van der Waals surface area (Å²) < 4.78 is 9.49. The van der Waals surface area contributed by atoms with Crippen LogP contribution in [0.3, 0.4) is 0 Å². The molecule has 0 heterocycles. The predicted octanol–water partition coefficient (Wildman–Crippen LogP) is 0.0269. The molecule has 13 heavy (non-hydrogen) atoms. The van der Waals surface area contributed by atoms with E-state index >= 15 is 0 Å². The lowest BCUT2D eigenvalue weighted by Crippen LogP contribution is -2.20. The summed E-state index contributed by atoms with van der Waals surface area (Å²) in [5.74, 6) is -0.320. The summed E-state index contributed by atoms with van der Waals surface area (Å²) in [7, 11) is 0. The summed E-state index contributed by atoms with van der Waals surface area (Å²) in [6, 6.07) is 1.91. The third-order valence-corrected chi connectivity index (χ3v) is 1.22. The van der Waals surface area contributed by atoms with Gasteiger partial charge in [0, 0.05) is 13.2 Å². The van der Waals surface area contributed by atoms with Gasteiger partial charge in [0.15, 0.2) is 6.79 Å². The Kier molecular flexibility index (Phi) is 8.20. The highest BCUT2D eigenvalue weighted by molar-refractivity contribution is 5.69. The second-order valence-electron chi connectivity index (χ2n) is 2.21. The van der Waals surface area contributed by atoms with Crippen LogP contribution in [0.2, 0.25) is 0 Å². The Hall–Kier alpha value is -1.12. The number of nitrogens with zero attached hydrogens (tertiary/aromatic N) is 1. The fourth-order valence-electron chi connectivity index (χ4n) is 0.598. The maximum absolute atomic E-state index is 10.9. The zero-order valence-corrected chi connectivity index (χ0v) is 7.71. The van der Waals surface area contributed by atoms with E-state index in [1.165, 1.54) is 0 Å². The summed E-state index contributed by atoms with van der Waals surface area (Å²) in [6.45, 7) is 3.06. The first-order valence-electron chi connectivity index (χ1n) is 4.12. The molecule has 0 aliphatic rings. The Bertz CT molecular complexity index is 177. The highest BCUT2D eigenvalue weighted by atomic mass is 16.7. The van der Waals surface area contributed by atoms with Crippen LogP contribution >= 0.6 is 0 Å². The number of ether oxygens (including phenoxy) is 2. The molecule has 0 radical (unpaired) electrons. The molecule has 5 nitrogen and oxygen atoms in total.